The monoisotopic (exact) mass is 715 g/mol. The van der Waals surface area contributed by atoms with Crippen molar-refractivity contribution in [2.24, 2.45) is 29.6 Å². The minimum atomic E-state index is 0.0675. The molecule has 2 aromatic heterocycles. The van der Waals surface area contributed by atoms with Gasteiger partial charge in [0, 0.05) is 48.2 Å². The minimum Gasteiger partial charge on any atom is -0.208 e. The predicted octanol–water partition coefficient (Wildman–Crippen LogP) is 12.8. The molecule has 54 heavy (non-hydrogen) atoms. The summed E-state index contributed by atoms with van der Waals surface area (Å²) in [7, 11) is 0. The summed E-state index contributed by atoms with van der Waals surface area (Å²) in [4.78, 5) is 16.0. The van der Waals surface area contributed by atoms with E-state index in [-0.39, 0.29) is 5.41 Å². The van der Waals surface area contributed by atoms with Gasteiger partial charge in [-0.25, -0.2) is 15.0 Å². The maximum Gasteiger partial charge on any atom is 0.164 e. The number of allylic oxidation sites excluding steroid dienone is 4. The van der Waals surface area contributed by atoms with Gasteiger partial charge in [0.05, 0.1) is 0 Å². The first-order chi connectivity index (χ1) is 26.6. The Labute approximate surface area is 320 Å². The lowest BCUT2D eigenvalue weighted by Gasteiger charge is -2.62. The second kappa shape index (κ2) is 11.7. The number of hydrogen-bond donors (Lipinski definition) is 0. The molecule has 6 aliphatic carbocycles. The van der Waals surface area contributed by atoms with E-state index in [4.69, 9.17) is 15.0 Å². The molecule has 262 valence electrons. The molecule has 0 amide bonds. The summed E-state index contributed by atoms with van der Waals surface area (Å²) in [5.74, 6) is 6.34. The zero-order valence-electron chi connectivity index (χ0n) is 30.5. The smallest absolute Gasteiger partial charge is 0.164 e. The van der Waals surface area contributed by atoms with Gasteiger partial charge in [0.15, 0.2) is 17.5 Å². The van der Waals surface area contributed by atoms with E-state index in [0.29, 0.717) is 23.7 Å². The molecule has 13 rings (SSSR count). The van der Waals surface area contributed by atoms with Crippen LogP contribution in [0.15, 0.2) is 139 Å². The molecule has 0 aliphatic heterocycles. The van der Waals surface area contributed by atoms with Gasteiger partial charge in [0.25, 0.3) is 0 Å². The Balaban J connectivity index is 1.03. The molecule has 5 aromatic carbocycles. The molecular formula is C50H41N3S. The maximum absolute atomic E-state index is 5.43. The molecule has 4 fully saturated rings. The van der Waals surface area contributed by atoms with Crippen molar-refractivity contribution in [2.45, 2.75) is 50.4 Å². The van der Waals surface area contributed by atoms with Gasteiger partial charge < -0.3 is 0 Å². The molecule has 6 aliphatic rings. The Hall–Kier alpha value is -5.19. The summed E-state index contributed by atoms with van der Waals surface area (Å²) in [5, 5.41) is 2.64. The van der Waals surface area contributed by atoms with Crippen molar-refractivity contribution < 1.29 is 0 Å². The number of thiophene rings is 1. The van der Waals surface area contributed by atoms with Crippen LogP contribution in [0.25, 0.3) is 65.5 Å². The Morgan fingerprint density at radius 2 is 1.20 bits per heavy atom. The van der Waals surface area contributed by atoms with Crippen LogP contribution in [0.3, 0.4) is 0 Å². The van der Waals surface area contributed by atoms with E-state index < -0.39 is 0 Å². The van der Waals surface area contributed by atoms with Gasteiger partial charge in [-0.3, -0.25) is 0 Å². The third-order valence-corrected chi connectivity index (χ3v) is 15.3. The van der Waals surface area contributed by atoms with E-state index in [2.05, 4.69) is 140 Å². The van der Waals surface area contributed by atoms with Crippen molar-refractivity contribution in [1.29, 1.82) is 0 Å². The number of fused-ring (bicyclic) bond motifs is 6. The summed E-state index contributed by atoms with van der Waals surface area (Å²) in [6.07, 6.45) is 14.2. The van der Waals surface area contributed by atoms with E-state index in [0.717, 1.165) is 40.4 Å². The fourth-order valence-electron chi connectivity index (χ4n) is 12.2. The lowest BCUT2D eigenvalue weighted by atomic mass is 9.42. The van der Waals surface area contributed by atoms with Crippen LogP contribution in [0.5, 0.6) is 0 Å². The highest BCUT2D eigenvalue weighted by atomic mass is 32.1. The predicted molar refractivity (Wildman–Crippen MR) is 222 cm³/mol. The highest BCUT2D eigenvalue weighted by molar-refractivity contribution is 7.26. The second-order valence-electron chi connectivity index (χ2n) is 16.8. The van der Waals surface area contributed by atoms with E-state index in [1.165, 1.54) is 74.5 Å². The van der Waals surface area contributed by atoms with Crippen molar-refractivity contribution in [3.63, 3.8) is 0 Å². The molecule has 0 saturated heterocycles. The zero-order valence-corrected chi connectivity index (χ0v) is 31.3. The first kappa shape index (κ1) is 31.2. The Morgan fingerprint density at radius 1 is 0.574 bits per heavy atom. The SMILES string of the molecule is CC1C=CC=C2C1c1cccc(-c3nc(-c4ccccc4)nc(-c4ccc(-c5cccc6c5sc5ccccc56)cc4)n3)c1C21C2CC3CC(C2)CC1C3. The zero-order chi connectivity index (χ0) is 35.5. The topological polar surface area (TPSA) is 38.7 Å². The minimum absolute atomic E-state index is 0.0675. The van der Waals surface area contributed by atoms with Crippen molar-refractivity contribution in [3.8, 4) is 45.3 Å². The molecule has 1 spiro atoms. The van der Waals surface area contributed by atoms with Crippen LogP contribution in [-0.4, -0.2) is 15.0 Å². The quantitative estimate of drug-likeness (QED) is 0.182. The summed E-state index contributed by atoms with van der Waals surface area (Å²) >= 11 is 1.88. The summed E-state index contributed by atoms with van der Waals surface area (Å²) < 4.78 is 2.66. The van der Waals surface area contributed by atoms with Gasteiger partial charge >= 0.3 is 0 Å². The molecule has 2 heterocycles. The van der Waals surface area contributed by atoms with Crippen LogP contribution in [0.4, 0.5) is 0 Å². The van der Waals surface area contributed by atoms with E-state index in [9.17, 15) is 0 Å². The van der Waals surface area contributed by atoms with Crippen molar-refractivity contribution in [1.82, 2.24) is 15.0 Å². The van der Waals surface area contributed by atoms with Crippen LogP contribution in [0.2, 0.25) is 0 Å². The van der Waals surface area contributed by atoms with E-state index in [1.807, 2.05) is 11.3 Å². The molecule has 0 radical (unpaired) electrons. The van der Waals surface area contributed by atoms with Crippen LogP contribution < -0.4 is 0 Å². The number of aromatic nitrogens is 3. The van der Waals surface area contributed by atoms with Gasteiger partial charge in [0.1, 0.15) is 0 Å². The molecule has 4 heteroatoms. The lowest BCUT2D eigenvalue weighted by molar-refractivity contribution is -0.0425. The molecule has 2 unspecified atom stereocenters. The van der Waals surface area contributed by atoms with Gasteiger partial charge in [0.2, 0.25) is 0 Å². The van der Waals surface area contributed by atoms with Crippen LogP contribution in [0, 0.1) is 29.6 Å². The molecule has 0 N–H and O–H groups in total. The number of benzene rings is 5. The highest BCUT2D eigenvalue weighted by Crippen LogP contribution is 2.72. The maximum atomic E-state index is 5.43. The van der Waals surface area contributed by atoms with Crippen LogP contribution in [-0.2, 0) is 5.41 Å². The number of hydrogen-bond acceptors (Lipinski definition) is 4. The van der Waals surface area contributed by atoms with E-state index in [1.54, 1.807) is 11.1 Å². The highest BCUT2D eigenvalue weighted by Gasteiger charge is 2.64. The fourth-order valence-corrected chi connectivity index (χ4v) is 13.5. The van der Waals surface area contributed by atoms with Crippen molar-refractivity contribution in [2.75, 3.05) is 0 Å². The molecule has 4 bridgehead atoms. The average Bonchev–Trinajstić information content (AvgIpc) is 3.75. The van der Waals surface area contributed by atoms with Gasteiger partial charge in [-0.15, -0.1) is 11.3 Å². The molecular weight excluding hydrogens is 675 g/mol. The fraction of sp³-hybridized carbons (Fsp3) is 0.260. The van der Waals surface area contributed by atoms with E-state index >= 15 is 0 Å². The standard InChI is InChI=1S/C50H41N3S/c1-29-10-7-18-42-44(29)40-16-9-17-41(45(40)50(42)35-25-30-24-31(27-35)28-36(50)26-30)49-52-47(33-11-3-2-4-12-33)51-48(53-49)34-22-20-32(21-23-34)37-14-8-15-39-38-13-5-6-19-43(38)54-46(37)39/h2-23,29-31,35-36,44H,24-28H2,1H3. The summed E-state index contributed by atoms with van der Waals surface area (Å²) in [6.45, 7) is 2.43. The van der Waals surface area contributed by atoms with Crippen LogP contribution >= 0.6 is 11.3 Å². The van der Waals surface area contributed by atoms with Gasteiger partial charge in [-0.1, -0.05) is 140 Å². The molecule has 7 aromatic rings. The van der Waals surface area contributed by atoms with Crippen LogP contribution in [0.1, 0.15) is 56.1 Å². The number of nitrogens with zero attached hydrogens (tertiary/aromatic N) is 3. The van der Waals surface area contributed by atoms with Gasteiger partial charge in [-0.2, -0.15) is 0 Å². The lowest BCUT2D eigenvalue weighted by Crippen LogP contribution is -2.55. The normalized spacial score (nSPS) is 27.5. The third-order valence-electron chi connectivity index (χ3n) is 14.1. The Bertz CT molecular complexity index is 2670. The van der Waals surface area contributed by atoms with Gasteiger partial charge in [-0.05, 0) is 90.0 Å². The Morgan fingerprint density at radius 3 is 1.98 bits per heavy atom. The second-order valence-corrected chi connectivity index (χ2v) is 17.9. The first-order valence-electron chi connectivity index (χ1n) is 20.0. The molecule has 4 saturated carbocycles. The van der Waals surface area contributed by atoms with Crippen molar-refractivity contribution in [3.05, 3.63) is 150 Å². The number of rotatable bonds is 4. The van der Waals surface area contributed by atoms with Crippen molar-refractivity contribution >= 4 is 31.5 Å². The molecule has 2 atom stereocenters. The third kappa shape index (κ3) is 4.38. The average molecular weight is 716 g/mol. The molecule has 3 nitrogen and oxygen atoms in total. The largest absolute Gasteiger partial charge is 0.208 e. The Kier molecular flexibility index (Phi) is 6.73. The summed E-state index contributed by atoms with van der Waals surface area (Å²) in [6, 6.07) is 41.9. The first-order valence-corrected chi connectivity index (χ1v) is 20.8. The summed E-state index contributed by atoms with van der Waals surface area (Å²) in [5.41, 5.74) is 10.5.